The zero-order valence-corrected chi connectivity index (χ0v) is 13.5. The second-order valence-electron chi connectivity index (χ2n) is 6.10. The van der Waals surface area contributed by atoms with Crippen LogP contribution in [0.1, 0.15) is 29.9 Å². The number of fused-ring (bicyclic) bond motifs is 1. The smallest absolute Gasteiger partial charge is 0.234 e. The molecule has 5 heteroatoms. The van der Waals surface area contributed by atoms with Gasteiger partial charge < -0.3 is 9.15 Å². The highest BCUT2D eigenvalue weighted by atomic mass is 16.5. The predicted molar refractivity (Wildman–Crippen MR) is 92.1 cm³/mol. The molecule has 1 aliphatic rings. The highest BCUT2D eigenvalue weighted by molar-refractivity contribution is 6.03. The third kappa shape index (κ3) is 3.01. The molecule has 0 aliphatic carbocycles. The number of carbonyl (C=O) groups excluding carboxylic acids is 2. The van der Waals surface area contributed by atoms with Crippen molar-refractivity contribution in [2.24, 2.45) is 0 Å². The van der Waals surface area contributed by atoms with Crippen molar-refractivity contribution in [2.45, 2.75) is 25.4 Å². The van der Waals surface area contributed by atoms with Gasteiger partial charge in [0.05, 0.1) is 17.6 Å². The highest BCUT2D eigenvalue weighted by Crippen LogP contribution is 2.37. The average Bonchev–Trinajstić information content (AvgIpc) is 3.05. The first-order valence-electron chi connectivity index (χ1n) is 8.23. The van der Waals surface area contributed by atoms with E-state index in [9.17, 15) is 9.59 Å². The zero-order valence-electron chi connectivity index (χ0n) is 13.5. The van der Waals surface area contributed by atoms with Crippen molar-refractivity contribution in [2.75, 3.05) is 0 Å². The number of benzene rings is 2. The number of ether oxygens (including phenoxy) is 1. The minimum absolute atomic E-state index is 0.227. The molecule has 1 atom stereocenters. The molecule has 1 aromatic heterocycles. The lowest BCUT2D eigenvalue weighted by molar-refractivity contribution is -0.134. The van der Waals surface area contributed by atoms with Gasteiger partial charge in [-0.15, -0.1) is 0 Å². The first kappa shape index (κ1) is 15.4. The first-order chi connectivity index (χ1) is 12.2. The Morgan fingerprint density at radius 2 is 1.92 bits per heavy atom. The van der Waals surface area contributed by atoms with Crippen molar-refractivity contribution in [1.29, 1.82) is 0 Å². The third-order valence-electron chi connectivity index (χ3n) is 4.44. The summed E-state index contributed by atoms with van der Waals surface area (Å²) in [7, 11) is 0. The van der Waals surface area contributed by atoms with E-state index in [0.29, 0.717) is 30.8 Å². The Morgan fingerprint density at radius 3 is 2.72 bits per heavy atom. The molecule has 0 radical (unpaired) electrons. The molecule has 1 N–H and O–H groups in total. The van der Waals surface area contributed by atoms with Crippen LogP contribution in [0, 0.1) is 0 Å². The molecular weight excluding hydrogens is 318 g/mol. The fourth-order valence-electron chi connectivity index (χ4n) is 3.18. The first-order valence-corrected chi connectivity index (χ1v) is 8.23. The topological polar surface area (TPSA) is 68.5 Å². The monoisotopic (exact) mass is 335 g/mol. The predicted octanol–water partition coefficient (Wildman–Crippen LogP) is 3.53. The van der Waals surface area contributed by atoms with Gasteiger partial charge in [-0.1, -0.05) is 36.4 Å². The van der Waals surface area contributed by atoms with Gasteiger partial charge in [0.25, 0.3) is 0 Å². The summed E-state index contributed by atoms with van der Waals surface area (Å²) >= 11 is 0. The van der Waals surface area contributed by atoms with Crippen LogP contribution in [0.15, 0.2) is 59.2 Å². The molecule has 0 saturated carbocycles. The second kappa shape index (κ2) is 6.43. The largest absolute Gasteiger partial charge is 0.488 e. The maximum Gasteiger partial charge on any atom is 0.234 e. The van der Waals surface area contributed by atoms with Crippen molar-refractivity contribution < 1.29 is 18.7 Å². The Morgan fingerprint density at radius 1 is 1.08 bits per heavy atom. The van der Waals surface area contributed by atoms with E-state index in [1.807, 2.05) is 48.5 Å². The number of imide groups is 1. The van der Waals surface area contributed by atoms with Crippen LogP contribution in [0.2, 0.25) is 0 Å². The van der Waals surface area contributed by atoms with Crippen LogP contribution in [0.4, 0.5) is 0 Å². The number of hydrogen-bond donors (Lipinski definition) is 1. The number of furan rings is 1. The fraction of sp³-hybridized carbons (Fsp3) is 0.200. The molecule has 5 nitrogen and oxygen atoms in total. The third-order valence-corrected chi connectivity index (χ3v) is 4.44. The van der Waals surface area contributed by atoms with Gasteiger partial charge in [0.15, 0.2) is 0 Å². The lowest BCUT2D eigenvalue weighted by Crippen LogP contribution is -2.39. The summed E-state index contributed by atoms with van der Waals surface area (Å²) < 4.78 is 11.6. The maximum absolute atomic E-state index is 12.2. The lowest BCUT2D eigenvalue weighted by Gasteiger charge is -2.20. The molecule has 2 amide bonds. The summed E-state index contributed by atoms with van der Waals surface area (Å²) in [5.41, 5.74) is 2.50. The Kier molecular flexibility index (Phi) is 3.98. The van der Waals surface area contributed by atoms with E-state index in [-0.39, 0.29) is 11.8 Å². The van der Waals surface area contributed by atoms with Crippen molar-refractivity contribution in [3.8, 4) is 5.75 Å². The number of hydrogen-bond acceptors (Lipinski definition) is 4. The van der Waals surface area contributed by atoms with Crippen molar-refractivity contribution in [3.05, 3.63) is 65.9 Å². The van der Waals surface area contributed by atoms with E-state index < -0.39 is 5.92 Å². The molecule has 4 rings (SSSR count). The highest BCUT2D eigenvalue weighted by Gasteiger charge is 2.31. The molecular formula is C20H17NO4. The Balaban J connectivity index is 1.67. The Bertz CT molecular complexity index is 929. The summed E-state index contributed by atoms with van der Waals surface area (Å²) in [6, 6.07) is 15.5. The molecule has 1 aliphatic heterocycles. The standard InChI is InChI=1S/C20H17NO4/c22-18-10-9-14(20(23)21-18)15-12-25-17-8-4-7-16(19(15)17)24-11-13-5-2-1-3-6-13/h1-8,12,14H,9-11H2,(H,21,22,23). The van der Waals surface area contributed by atoms with Gasteiger partial charge in [0, 0.05) is 12.0 Å². The van der Waals surface area contributed by atoms with Crippen molar-refractivity contribution >= 4 is 22.8 Å². The summed E-state index contributed by atoms with van der Waals surface area (Å²) in [4.78, 5) is 23.6. The van der Waals surface area contributed by atoms with Gasteiger partial charge in [-0.2, -0.15) is 0 Å². The summed E-state index contributed by atoms with van der Waals surface area (Å²) in [5, 5.41) is 3.20. The average molecular weight is 335 g/mol. The van der Waals surface area contributed by atoms with Crippen LogP contribution in [0.25, 0.3) is 11.0 Å². The van der Waals surface area contributed by atoms with Crippen LogP contribution in [-0.4, -0.2) is 11.8 Å². The van der Waals surface area contributed by atoms with Crippen LogP contribution < -0.4 is 10.1 Å². The van der Waals surface area contributed by atoms with Crippen LogP contribution in [-0.2, 0) is 16.2 Å². The van der Waals surface area contributed by atoms with Crippen LogP contribution in [0.3, 0.4) is 0 Å². The van der Waals surface area contributed by atoms with Crippen LogP contribution >= 0.6 is 0 Å². The molecule has 0 spiro atoms. The van der Waals surface area contributed by atoms with E-state index in [1.54, 1.807) is 6.26 Å². The minimum atomic E-state index is -0.402. The maximum atomic E-state index is 12.2. The fourth-order valence-corrected chi connectivity index (χ4v) is 3.18. The Hall–Kier alpha value is -3.08. The number of carbonyl (C=O) groups is 2. The molecule has 0 bridgehead atoms. The van der Waals surface area contributed by atoms with E-state index in [1.165, 1.54) is 0 Å². The summed E-state index contributed by atoms with van der Waals surface area (Å²) in [6.45, 7) is 0.430. The van der Waals surface area contributed by atoms with Gasteiger partial charge in [0.1, 0.15) is 17.9 Å². The molecule has 126 valence electrons. The van der Waals surface area contributed by atoms with Gasteiger partial charge in [-0.25, -0.2) is 0 Å². The number of nitrogens with one attached hydrogen (secondary N) is 1. The van der Waals surface area contributed by atoms with Gasteiger partial charge in [-0.3, -0.25) is 14.9 Å². The molecule has 3 aromatic rings. The van der Waals surface area contributed by atoms with Gasteiger partial charge in [0.2, 0.25) is 11.8 Å². The Labute approximate surface area is 144 Å². The quantitative estimate of drug-likeness (QED) is 0.741. The van der Waals surface area contributed by atoms with E-state index in [4.69, 9.17) is 9.15 Å². The SMILES string of the molecule is O=C1CCC(c2coc3cccc(OCc4ccccc4)c23)C(=O)N1. The van der Waals surface area contributed by atoms with Crippen LogP contribution in [0.5, 0.6) is 5.75 Å². The molecule has 2 heterocycles. The summed E-state index contributed by atoms with van der Waals surface area (Å²) in [6.07, 6.45) is 2.41. The molecule has 25 heavy (non-hydrogen) atoms. The zero-order chi connectivity index (χ0) is 17.2. The van der Waals surface area contributed by atoms with Gasteiger partial charge >= 0.3 is 0 Å². The number of rotatable bonds is 4. The second-order valence-corrected chi connectivity index (χ2v) is 6.10. The molecule has 1 fully saturated rings. The van der Waals surface area contributed by atoms with E-state index in [0.717, 1.165) is 16.5 Å². The molecule has 1 saturated heterocycles. The molecule has 1 unspecified atom stereocenters. The normalized spacial score (nSPS) is 17.5. The van der Waals surface area contributed by atoms with E-state index in [2.05, 4.69) is 5.32 Å². The molecule has 2 aromatic carbocycles. The number of piperidine rings is 1. The van der Waals surface area contributed by atoms with Gasteiger partial charge in [-0.05, 0) is 24.1 Å². The lowest BCUT2D eigenvalue weighted by atomic mass is 9.90. The van der Waals surface area contributed by atoms with Crippen molar-refractivity contribution in [1.82, 2.24) is 5.32 Å². The van der Waals surface area contributed by atoms with Crippen molar-refractivity contribution in [3.63, 3.8) is 0 Å². The van der Waals surface area contributed by atoms with E-state index >= 15 is 0 Å². The summed E-state index contributed by atoms with van der Waals surface area (Å²) in [5.74, 6) is -0.235. The number of amides is 2. The minimum Gasteiger partial charge on any atom is -0.488 e.